The molecule has 1 atom stereocenters. The summed E-state index contributed by atoms with van der Waals surface area (Å²) in [6.07, 6.45) is 5.25. The quantitative estimate of drug-likeness (QED) is 0.836. The van der Waals surface area contributed by atoms with Crippen LogP contribution in [0.4, 0.5) is 0 Å². The van der Waals surface area contributed by atoms with E-state index in [9.17, 15) is 0 Å². The molecule has 4 rings (SSSR count). The monoisotopic (exact) mass is 375 g/mol. The summed E-state index contributed by atoms with van der Waals surface area (Å²) in [6.45, 7) is 2.76. The average Bonchev–Trinajstić information content (AvgIpc) is 3.34. The Balaban J connectivity index is 1.70. The van der Waals surface area contributed by atoms with Crippen LogP contribution in [0.25, 0.3) is 0 Å². The first-order valence-corrected chi connectivity index (χ1v) is 9.60. The van der Waals surface area contributed by atoms with E-state index < -0.39 is 0 Å². The molecule has 0 bridgehead atoms. The Hall–Kier alpha value is -1.72. The van der Waals surface area contributed by atoms with Gasteiger partial charge in [0.15, 0.2) is 0 Å². The molecule has 2 aromatic rings. The van der Waals surface area contributed by atoms with Gasteiger partial charge in [0.05, 0.1) is 24.9 Å². The van der Waals surface area contributed by atoms with Crippen LogP contribution in [0.5, 0.6) is 11.5 Å². The highest BCUT2D eigenvalue weighted by molar-refractivity contribution is 6.33. The van der Waals surface area contributed by atoms with Gasteiger partial charge >= 0.3 is 0 Å². The fourth-order valence-electron chi connectivity index (χ4n) is 4.45. The lowest BCUT2D eigenvalue weighted by atomic mass is 9.79. The topological polar surface area (TPSA) is 73.2 Å². The Morgan fingerprint density at radius 1 is 1.31 bits per heavy atom. The van der Waals surface area contributed by atoms with Gasteiger partial charge in [-0.05, 0) is 61.6 Å². The van der Waals surface area contributed by atoms with E-state index in [2.05, 4.69) is 17.1 Å². The molecular formula is C20H26ClN3O2. The minimum atomic E-state index is 0.129. The zero-order valence-corrected chi connectivity index (χ0v) is 16.4. The zero-order chi connectivity index (χ0) is 18.5. The number of nitrogens with zero attached hydrogens (tertiary/aromatic N) is 1. The van der Waals surface area contributed by atoms with Crippen molar-refractivity contribution in [2.45, 2.75) is 50.4 Å². The van der Waals surface area contributed by atoms with Crippen LogP contribution in [0.3, 0.4) is 0 Å². The smallest absolute Gasteiger partial charge is 0.141 e. The van der Waals surface area contributed by atoms with Crippen molar-refractivity contribution >= 4 is 11.6 Å². The lowest BCUT2D eigenvalue weighted by Gasteiger charge is -2.27. The van der Waals surface area contributed by atoms with Crippen LogP contribution in [0.1, 0.15) is 53.3 Å². The van der Waals surface area contributed by atoms with E-state index in [4.69, 9.17) is 26.8 Å². The van der Waals surface area contributed by atoms with Gasteiger partial charge in [0.1, 0.15) is 11.5 Å². The first-order chi connectivity index (χ1) is 12.5. The Bertz CT molecular complexity index is 814. The lowest BCUT2D eigenvalue weighted by Crippen LogP contribution is -2.23. The van der Waals surface area contributed by atoms with E-state index in [0.29, 0.717) is 23.2 Å². The second-order valence-corrected chi connectivity index (χ2v) is 7.97. The van der Waals surface area contributed by atoms with Crippen molar-refractivity contribution in [3.63, 3.8) is 0 Å². The molecule has 0 radical (unpaired) electrons. The van der Waals surface area contributed by atoms with Crippen molar-refractivity contribution in [1.82, 2.24) is 10.2 Å². The highest BCUT2D eigenvalue weighted by atomic mass is 35.5. The fourth-order valence-corrected chi connectivity index (χ4v) is 4.87. The third kappa shape index (κ3) is 2.60. The SMILES string of the molecule is COc1cc(OC)c(Cl)c(C2CCc3c(C4(CN)CC4)n[nH]c3C2)c1C. The van der Waals surface area contributed by atoms with Gasteiger partial charge in [-0.25, -0.2) is 0 Å². The van der Waals surface area contributed by atoms with Gasteiger partial charge in [0.2, 0.25) is 0 Å². The second-order valence-electron chi connectivity index (χ2n) is 7.59. The lowest BCUT2D eigenvalue weighted by molar-refractivity contribution is 0.389. The van der Waals surface area contributed by atoms with Crippen molar-refractivity contribution in [3.8, 4) is 11.5 Å². The molecular weight excluding hydrogens is 350 g/mol. The minimum Gasteiger partial charge on any atom is -0.496 e. The van der Waals surface area contributed by atoms with Crippen LogP contribution in [0, 0.1) is 6.92 Å². The molecule has 0 saturated heterocycles. The van der Waals surface area contributed by atoms with Gasteiger partial charge in [0, 0.05) is 23.7 Å². The zero-order valence-electron chi connectivity index (χ0n) is 15.6. The summed E-state index contributed by atoms with van der Waals surface area (Å²) in [6, 6.07) is 1.86. The number of hydrogen-bond donors (Lipinski definition) is 2. The summed E-state index contributed by atoms with van der Waals surface area (Å²) in [7, 11) is 3.32. The van der Waals surface area contributed by atoms with Crippen LogP contribution in [0.2, 0.25) is 5.02 Å². The van der Waals surface area contributed by atoms with E-state index in [1.807, 2.05) is 6.07 Å². The Kier molecular flexibility index (Phi) is 4.40. The summed E-state index contributed by atoms with van der Waals surface area (Å²) >= 11 is 6.69. The number of aromatic nitrogens is 2. The minimum absolute atomic E-state index is 0.129. The van der Waals surface area contributed by atoms with Gasteiger partial charge in [-0.15, -0.1) is 0 Å². The van der Waals surface area contributed by atoms with Crippen molar-refractivity contribution in [2.24, 2.45) is 5.73 Å². The first kappa shape index (κ1) is 17.7. The van der Waals surface area contributed by atoms with Crippen LogP contribution < -0.4 is 15.2 Å². The van der Waals surface area contributed by atoms with Crippen molar-refractivity contribution in [2.75, 3.05) is 20.8 Å². The molecule has 2 aliphatic carbocycles. The highest BCUT2D eigenvalue weighted by Crippen LogP contribution is 2.50. The van der Waals surface area contributed by atoms with Gasteiger partial charge in [-0.1, -0.05) is 11.6 Å². The number of benzene rings is 1. The number of fused-ring (bicyclic) bond motifs is 1. The standard InChI is InChI=1S/C20H26ClN3O2/c1-11-15(25-2)9-16(26-3)18(21)17(11)12-4-5-13-14(8-12)23-24-19(13)20(10-22)6-7-20/h9,12H,4-8,10,22H2,1-3H3,(H,23,24). The maximum Gasteiger partial charge on any atom is 0.141 e. The number of H-pyrrole nitrogens is 1. The third-order valence-electron chi connectivity index (χ3n) is 6.23. The maximum absolute atomic E-state index is 6.69. The molecule has 3 N–H and O–H groups in total. The molecule has 6 heteroatoms. The number of ether oxygens (including phenoxy) is 2. The molecule has 1 heterocycles. The average molecular weight is 376 g/mol. The molecule has 1 unspecified atom stereocenters. The number of methoxy groups -OCH3 is 2. The number of nitrogens with two attached hydrogens (primary N) is 1. The predicted octanol–water partition coefficient (Wildman–Crippen LogP) is 3.65. The molecule has 0 spiro atoms. The Morgan fingerprint density at radius 2 is 2.04 bits per heavy atom. The van der Waals surface area contributed by atoms with Gasteiger partial charge in [-0.3, -0.25) is 5.10 Å². The summed E-state index contributed by atoms with van der Waals surface area (Å²) in [5, 5.41) is 8.64. The predicted molar refractivity (Wildman–Crippen MR) is 103 cm³/mol. The van der Waals surface area contributed by atoms with Crippen LogP contribution in [0.15, 0.2) is 6.07 Å². The summed E-state index contributed by atoms with van der Waals surface area (Å²) in [5.74, 6) is 1.80. The molecule has 5 nitrogen and oxygen atoms in total. The van der Waals surface area contributed by atoms with Crippen molar-refractivity contribution in [1.29, 1.82) is 0 Å². The molecule has 0 aliphatic heterocycles. The van der Waals surface area contributed by atoms with Crippen LogP contribution >= 0.6 is 11.6 Å². The van der Waals surface area contributed by atoms with Crippen molar-refractivity contribution < 1.29 is 9.47 Å². The van der Waals surface area contributed by atoms with Gasteiger partial charge in [-0.2, -0.15) is 5.10 Å². The number of rotatable bonds is 5. The molecule has 140 valence electrons. The maximum atomic E-state index is 6.69. The first-order valence-electron chi connectivity index (χ1n) is 9.22. The molecule has 26 heavy (non-hydrogen) atoms. The Morgan fingerprint density at radius 3 is 2.65 bits per heavy atom. The van der Waals surface area contributed by atoms with E-state index in [-0.39, 0.29) is 5.41 Å². The third-order valence-corrected chi connectivity index (χ3v) is 6.62. The molecule has 1 aromatic heterocycles. The van der Waals surface area contributed by atoms with E-state index in [0.717, 1.165) is 49.0 Å². The molecule has 2 aliphatic rings. The Labute approximate surface area is 159 Å². The van der Waals surface area contributed by atoms with Gasteiger partial charge < -0.3 is 15.2 Å². The van der Waals surface area contributed by atoms with E-state index in [1.54, 1.807) is 14.2 Å². The van der Waals surface area contributed by atoms with E-state index in [1.165, 1.54) is 17.0 Å². The summed E-state index contributed by atoms with van der Waals surface area (Å²) in [4.78, 5) is 0. The number of aromatic amines is 1. The highest BCUT2D eigenvalue weighted by Gasteiger charge is 2.47. The van der Waals surface area contributed by atoms with Crippen molar-refractivity contribution in [3.05, 3.63) is 39.2 Å². The summed E-state index contributed by atoms with van der Waals surface area (Å²) < 4.78 is 11.0. The molecule has 1 saturated carbocycles. The number of hydrogen-bond acceptors (Lipinski definition) is 4. The molecule has 1 aromatic carbocycles. The van der Waals surface area contributed by atoms with E-state index >= 15 is 0 Å². The molecule has 0 amide bonds. The normalized spacial score (nSPS) is 20.6. The molecule has 1 fully saturated rings. The van der Waals surface area contributed by atoms with Crippen LogP contribution in [-0.4, -0.2) is 31.0 Å². The number of nitrogens with one attached hydrogen (secondary N) is 1. The second kappa shape index (κ2) is 6.46. The number of halogens is 1. The summed E-state index contributed by atoms with van der Waals surface area (Å²) in [5.41, 5.74) is 12.2. The van der Waals surface area contributed by atoms with Crippen LogP contribution in [-0.2, 0) is 18.3 Å². The fraction of sp³-hybridized carbons (Fsp3) is 0.550. The van der Waals surface area contributed by atoms with Gasteiger partial charge in [0.25, 0.3) is 0 Å². The largest absolute Gasteiger partial charge is 0.496 e.